The molecule has 2 nitrogen and oxygen atoms in total. The molecule has 0 saturated carbocycles. The molecule has 0 radical (unpaired) electrons. The van der Waals surface area contributed by atoms with Gasteiger partial charge in [-0.2, -0.15) is 13.2 Å². The quantitative estimate of drug-likeness (QED) is 0.893. The minimum atomic E-state index is -4.39. The molecule has 0 bridgehead atoms. The van der Waals surface area contributed by atoms with Gasteiger partial charge in [0.15, 0.2) is 0 Å². The third kappa shape index (κ3) is 3.84. The van der Waals surface area contributed by atoms with E-state index < -0.39 is 18.6 Å². The summed E-state index contributed by atoms with van der Waals surface area (Å²) >= 11 is 3.20. The molecular weight excluding hydrogens is 287 g/mol. The number of carbonyl (C=O) groups is 1. The first kappa shape index (κ1) is 13.0. The first-order chi connectivity index (χ1) is 7.29. The van der Waals surface area contributed by atoms with Crippen molar-refractivity contribution in [2.45, 2.75) is 13.1 Å². The predicted molar refractivity (Wildman–Crippen MR) is 57.3 cm³/mol. The van der Waals surface area contributed by atoms with Gasteiger partial charge in [-0.15, -0.1) is 0 Å². The van der Waals surface area contributed by atoms with Crippen molar-refractivity contribution in [3.8, 4) is 0 Å². The second-order valence-corrected chi connectivity index (χ2v) is 4.17. The van der Waals surface area contributed by atoms with Crippen LogP contribution in [-0.4, -0.2) is 18.6 Å². The Balaban J connectivity index is 2.74. The Kier molecular flexibility index (Phi) is 3.96. The maximum absolute atomic E-state index is 11.9. The van der Waals surface area contributed by atoms with E-state index >= 15 is 0 Å². The molecule has 1 aromatic rings. The van der Waals surface area contributed by atoms with Crippen LogP contribution in [0, 0.1) is 6.92 Å². The number of benzene rings is 1. The summed E-state index contributed by atoms with van der Waals surface area (Å²) in [6.07, 6.45) is -4.39. The maximum atomic E-state index is 11.9. The zero-order valence-corrected chi connectivity index (χ0v) is 9.95. The molecule has 0 aromatic heterocycles. The summed E-state index contributed by atoms with van der Waals surface area (Å²) < 4.78 is 36.4. The molecule has 6 heteroatoms. The van der Waals surface area contributed by atoms with Crippen LogP contribution >= 0.6 is 15.9 Å². The van der Waals surface area contributed by atoms with Crippen molar-refractivity contribution in [2.75, 3.05) is 6.54 Å². The third-order valence-electron chi connectivity index (χ3n) is 1.88. The average molecular weight is 296 g/mol. The normalized spacial score (nSPS) is 11.3. The summed E-state index contributed by atoms with van der Waals surface area (Å²) in [4.78, 5) is 11.4. The van der Waals surface area contributed by atoms with Crippen molar-refractivity contribution in [2.24, 2.45) is 0 Å². The van der Waals surface area contributed by atoms with E-state index in [1.807, 2.05) is 5.32 Å². The topological polar surface area (TPSA) is 29.1 Å². The lowest BCUT2D eigenvalue weighted by Crippen LogP contribution is -2.34. The Bertz CT molecular complexity index is 404. The highest BCUT2D eigenvalue weighted by atomic mass is 79.9. The molecule has 88 valence electrons. The molecule has 0 unspecified atom stereocenters. The van der Waals surface area contributed by atoms with Crippen molar-refractivity contribution >= 4 is 21.8 Å². The lowest BCUT2D eigenvalue weighted by molar-refractivity contribution is -0.123. The van der Waals surface area contributed by atoms with Gasteiger partial charge in [0.05, 0.1) is 0 Å². The van der Waals surface area contributed by atoms with Crippen LogP contribution in [0.25, 0.3) is 0 Å². The van der Waals surface area contributed by atoms with Gasteiger partial charge in [-0.1, -0.05) is 15.9 Å². The Morgan fingerprint density at radius 3 is 2.56 bits per heavy atom. The molecule has 1 rings (SSSR count). The van der Waals surface area contributed by atoms with E-state index in [-0.39, 0.29) is 5.56 Å². The number of amides is 1. The standard InChI is InChI=1S/C10H9BrF3NO/c1-6-4-7(11)2-3-8(6)9(16)15-5-10(12,13)14/h2-4H,5H2,1H3,(H,15,16). The van der Waals surface area contributed by atoms with E-state index in [0.29, 0.717) is 5.56 Å². The minimum absolute atomic E-state index is 0.243. The fourth-order valence-electron chi connectivity index (χ4n) is 1.16. The second-order valence-electron chi connectivity index (χ2n) is 3.26. The van der Waals surface area contributed by atoms with E-state index in [2.05, 4.69) is 15.9 Å². The molecule has 1 amide bonds. The van der Waals surface area contributed by atoms with Gasteiger partial charge in [-0.25, -0.2) is 0 Å². The summed E-state index contributed by atoms with van der Waals surface area (Å²) in [5.41, 5.74) is 0.862. The van der Waals surface area contributed by atoms with Gasteiger partial charge in [-0.05, 0) is 30.7 Å². The van der Waals surface area contributed by atoms with Crippen LogP contribution < -0.4 is 5.32 Å². The van der Waals surface area contributed by atoms with Crippen molar-refractivity contribution < 1.29 is 18.0 Å². The average Bonchev–Trinajstić information content (AvgIpc) is 2.13. The fraction of sp³-hybridized carbons (Fsp3) is 0.300. The molecule has 0 saturated heterocycles. The Morgan fingerprint density at radius 2 is 2.06 bits per heavy atom. The minimum Gasteiger partial charge on any atom is -0.343 e. The van der Waals surface area contributed by atoms with Gasteiger partial charge in [0.25, 0.3) is 5.91 Å². The highest BCUT2D eigenvalue weighted by Gasteiger charge is 2.28. The zero-order valence-electron chi connectivity index (χ0n) is 8.36. The SMILES string of the molecule is Cc1cc(Br)ccc1C(=O)NCC(F)(F)F. The van der Waals surface area contributed by atoms with Gasteiger partial charge >= 0.3 is 6.18 Å². The van der Waals surface area contributed by atoms with E-state index in [1.165, 1.54) is 6.07 Å². The van der Waals surface area contributed by atoms with Gasteiger partial charge in [-0.3, -0.25) is 4.79 Å². The highest BCUT2D eigenvalue weighted by Crippen LogP contribution is 2.17. The first-order valence-corrected chi connectivity index (χ1v) is 5.20. The summed E-state index contributed by atoms with van der Waals surface area (Å²) in [5, 5.41) is 1.82. The molecule has 0 spiro atoms. The number of halogens is 4. The third-order valence-corrected chi connectivity index (χ3v) is 2.38. The summed E-state index contributed by atoms with van der Waals surface area (Å²) in [6, 6.07) is 4.75. The molecule has 1 N–H and O–H groups in total. The molecule has 16 heavy (non-hydrogen) atoms. The maximum Gasteiger partial charge on any atom is 0.405 e. The van der Waals surface area contributed by atoms with Crippen LogP contribution in [0.1, 0.15) is 15.9 Å². The Hall–Kier alpha value is -1.04. The smallest absolute Gasteiger partial charge is 0.343 e. The van der Waals surface area contributed by atoms with Crippen molar-refractivity contribution in [1.29, 1.82) is 0 Å². The van der Waals surface area contributed by atoms with Crippen molar-refractivity contribution in [3.63, 3.8) is 0 Å². The zero-order chi connectivity index (χ0) is 12.3. The number of rotatable bonds is 2. The van der Waals surface area contributed by atoms with Crippen LogP contribution in [0.2, 0.25) is 0 Å². The Morgan fingerprint density at radius 1 is 1.44 bits per heavy atom. The fourth-order valence-corrected chi connectivity index (χ4v) is 1.63. The van der Waals surface area contributed by atoms with Gasteiger partial charge in [0.1, 0.15) is 6.54 Å². The van der Waals surface area contributed by atoms with E-state index in [4.69, 9.17) is 0 Å². The van der Waals surface area contributed by atoms with Gasteiger partial charge in [0.2, 0.25) is 0 Å². The largest absolute Gasteiger partial charge is 0.405 e. The number of hydrogen-bond donors (Lipinski definition) is 1. The van der Waals surface area contributed by atoms with Gasteiger partial charge < -0.3 is 5.32 Å². The molecule has 0 aliphatic heterocycles. The molecule has 0 aliphatic carbocycles. The predicted octanol–water partition coefficient (Wildman–Crippen LogP) is 3.05. The molecule has 0 atom stereocenters. The summed E-state index contributed by atoms with van der Waals surface area (Å²) in [5.74, 6) is -0.720. The number of alkyl halides is 3. The van der Waals surface area contributed by atoms with Crippen LogP contribution in [0.3, 0.4) is 0 Å². The lowest BCUT2D eigenvalue weighted by Gasteiger charge is -2.10. The van der Waals surface area contributed by atoms with Crippen molar-refractivity contribution in [3.05, 3.63) is 33.8 Å². The number of nitrogens with one attached hydrogen (secondary N) is 1. The van der Waals surface area contributed by atoms with Crippen LogP contribution in [0.5, 0.6) is 0 Å². The lowest BCUT2D eigenvalue weighted by atomic mass is 10.1. The molecule has 0 fully saturated rings. The van der Waals surface area contributed by atoms with Gasteiger partial charge in [0, 0.05) is 10.0 Å². The summed E-state index contributed by atoms with van der Waals surface area (Å²) in [7, 11) is 0. The monoisotopic (exact) mass is 295 g/mol. The highest BCUT2D eigenvalue weighted by molar-refractivity contribution is 9.10. The summed E-state index contributed by atoms with van der Waals surface area (Å²) in [6.45, 7) is 0.342. The van der Waals surface area contributed by atoms with Crippen LogP contribution in [0.4, 0.5) is 13.2 Å². The van der Waals surface area contributed by atoms with Crippen LogP contribution in [0.15, 0.2) is 22.7 Å². The van der Waals surface area contributed by atoms with E-state index in [0.717, 1.165) is 4.47 Å². The van der Waals surface area contributed by atoms with E-state index in [1.54, 1.807) is 19.1 Å². The molecular formula is C10H9BrF3NO. The van der Waals surface area contributed by atoms with E-state index in [9.17, 15) is 18.0 Å². The Labute approximate surface area is 99.0 Å². The van der Waals surface area contributed by atoms with Crippen LogP contribution in [-0.2, 0) is 0 Å². The molecule has 0 heterocycles. The first-order valence-electron chi connectivity index (χ1n) is 4.41. The molecule has 1 aromatic carbocycles. The number of aryl methyl sites for hydroxylation is 1. The second kappa shape index (κ2) is 4.86. The number of hydrogen-bond acceptors (Lipinski definition) is 1. The number of carbonyl (C=O) groups excluding carboxylic acids is 1. The molecule has 0 aliphatic rings. The van der Waals surface area contributed by atoms with Crippen molar-refractivity contribution in [1.82, 2.24) is 5.32 Å².